The highest BCUT2D eigenvalue weighted by molar-refractivity contribution is 7.90. The lowest BCUT2D eigenvalue weighted by Gasteiger charge is -2.24. The maximum absolute atomic E-state index is 13.9. The molecule has 0 radical (unpaired) electrons. The van der Waals surface area contributed by atoms with Crippen LogP contribution in [0.5, 0.6) is 5.75 Å². The molecule has 2 amide bonds. The van der Waals surface area contributed by atoms with Gasteiger partial charge in [-0.25, -0.2) is 4.90 Å². The first-order chi connectivity index (χ1) is 17.6. The summed E-state index contributed by atoms with van der Waals surface area (Å²) in [5, 5.41) is 0.971. The van der Waals surface area contributed by atoms with Gasteiger partial charge in [0.1, 0.15) is 11.5 Å². The van der Waals surface area contributed by atoms with Gasteiger partial charge >= 0.3 is 5.16 Å². The van der Waals surface area contributed by atoms with Gasteiger partial charge in [0.15, 0.2) is 0 Å². The number of hydrogen-bond acceptors (Lipinski definition) is 5. The average molecular weight is 536 g/mol. The molecular weight excluding hydrogens is 510 g/mol. The molecule has 3 aromatic carbocycles. The first kappa shape index (κ1) is 25.3. The van der Waals surface area contributed by atoms with Crippen molar-refractivity contribution in [2.75, 3.05) is 12.0 Å². The van der Waals surface area contributed by atoms with E-state index in [-0.39, 0.29) is 11.8 Å². The number of benzene rings is 3. The summed E-state index contributed by atoms with van der Waals surface area (Å²) in [7, 11) is 1.57. The van der Waals surface area contributed by atoms with Crippen molar-refractivity contribution in [1.29, 1.82) is 0 Å². The number of aryl methyl sites for hydroxylation is 1. The van der Waals surface area contributed by atoms with Gasteiger partial charge in [-0.15, -0.1) is 0 Å². The Bertz CT molecular complexity index is 1540. The molecule has 0 N–H and O–H groups in total. The summed E-state index contributed by atoms with van der Waals surface area (Å²) >= 11 is 4.63. The summed E-state index contributed by atoms with van der Waals surface area (Å²) in [5.41, 5.74) is 4.68. The van der Waals surface area contributed by atoms with Gasteiger partial charge < -0.3 is 9.29 Å². The second-order valence-electron chi connectivity index (χ2n) is 9.32. The molecule has 1 aromatic heterocycles. The Kier molecular flexibility index (Phi) is 6.52. The lowest BCUT2D eigenvalue weighted by atomic mass is 10.0. The summed E-state index contributed by atoms with van der Waals surface area (Å²) in [6.07, 6.45) is 0. The number of anilines is 1. The van der Waals surface area contributed by atoms with E-state index in [4.69, 9.17) is 16.3 Å². The van der Waals surface area contributed by atoms with Gasteiger partial charge in [0.25, 0.3) is 11.8 Å². The number of rotatable bonds is 6. The van der Waals surface area contributed by atoms with Gasteiger partial charge in [-0.2, -0.15) is 4.98 Å². The van der Waals surface area contributed by atoms with E-state index in [0.29, 0.717) is 43.8 Å². The minimum absolute atomic E-state index is 0.0215. The van der Waals surface area contributed by atoms with Gasteiger partial charge in [-0.05, 0) is 69.7 Å². The Balaban J connectivity index is 1.65. The first-order valence-electron chi connectivity index (χ1n) is 11.8. The largest absolute Gasteiger partial charge is 0.609 e. The van der Waals surface area contributed by atoms with Crippen molar-refractivity contribution < 1.29 is 18.9 Å². The number of amides is 2. The molecule has 7 nitrogen and oxygen atoms in total. The third-order valence-corrected chi connectivity index (χ3v) is 8.15. The topological polar surface area (TPSA) is 87.5 Å². The predicted molar refractivity (Wildman–Crippen MR) is 145 cm³/mol. The van der Waals surface area contributed by atoms with E-state index in [1.165, 1.54) is 4.90 Å². The number of carbonyl (C=O) groups excluding carboxylic acids is 2. The quantitative estimate of drug-likeness (QED) is 0.223. The molecule has 1 aliphatic rings. The van der Waals surface area contributed by atoms with E-state index >= 15 is 0 Å². The summed E-state index contributed by atoms with van der Waals surface area (Å²) in [5.74, 6) is -0.146. The number of fused-ring (bicyclic) bond motifs is 2. The second kappa shape index (κ2) is 9.52. The van der Waals surface area contributed by atoms with Crippen molar-refractivity contribution in [1.82, 2.24) is 9.55 Å². The smallest absolute Gasteiger partial charge is 0.324 e. The zero-order valence-electron chi connectivity index (χ0n) is 21.2. The van der Waals surface area contributed by atoms with Crippen molar-refractivity contribution in [2.45, 2.75) is 44.6 Å². The molecule has 37 heavy (non-hydrogen) atoms. The molecule has 0 spiro atoms. The van der Waals surface area contributed by atoms with Crippen LogP contribution >= 0.6 is 11.6 Å². The normalized spacial score (nSPS) is 14.1. The van der Waals surface area contributed by atoms with Crippen LogP contribution in [0.2, 0.25) is 5.02 Å². The lowest BCUT2D eigenvalue weighted by Crippen LogP contribution is -2.31. The molecule has 0 saturated heterocycles. The Hall–Kier alpha value is -3.33. The van der Waals surface area contributed by atoms with Crippen LogP contribution < -0.4 is 9.64 Å². The minimum Gasteiger partial charge on any atom is -0.609 e. The molecule has 2 heterocycles. The maximum Gasteiger partial charge on any atom is 0.324 e. The first-order valence-corrected chi connectivity index (χ1v) is 13.5. The third-order valence-electron chi connectivity index (χ3n) is 6.67. The van der Waals surface area contributed by atoms with Crippen molar-refractivity contribution >= 4 is 51.3 Å². The van der Waals surface area contributed by atoms with Gasteiger partial charge in [-0.3, -0.25) is 14.2 Å². The molecule has 0 fully saturated rings. The number of imidazole rings is 1. The monoisotopic (exact) mass is 535 g/mol. The molecule has 1 atom stereocenters. The van der Waals surface area contributed by atoms with Crippen molar-refractivity contribution in [2.24, 2.45) is 0 Å². The zero-order valence-corrected chi connectivity index (χ0v) is 22.7. The number of nitrogens with zero attached hydrogens (tertiary/aromatic N) is 3. The van der Waals surface area contributed by atoms with Gasteiger partial charge in [-0.1, -0.05) is 23.7 Å². The predicted octanol–water partition coefficient (Wildman–Crippen LogP) is 6.00. The van der Waals surface area contributed by atoms with E-state index in [9.17, 15) is 14.1 Å². The van der Waals surface area contributed by atoms with E-state index in [1.54, 1.807) is 43.5 Å². The zero-order chi connectivity index (χ0) is 26.6. The highest BCUT2D eigenvalue weighted by atomic mass is 35.5. The van der Waals surface area contributed by atoms with Crippen LogP contribution in [0.3, 0.4) is 0 Å². The molecule has 9 heteroatoms. The van der Waals surface area contributed by atoms with E-state index in [2.05, 4.69) is 4.98 Å². The maximum atomic E-state index is 13.9. The minimum atomic E-state index is -1.61. The molecular formula is C28H26ClN3O4S. The summed E-state index contributed by atoms with van der Waals surface area (Å²) in [4.78, 5) is 32.6. The highest BCUT2D eigenvalue weighted by Gasteiger charge is 2.39. The number of imide groups is 1. The molecule has 4 aromatic rings. The number of halogens is 1. The Morgan fingerprint density at radius 1 is 1.05 bits per heavy atom. The molecule has 1 aliphatic heterocycles. The van der Waals surface area contributed by atoms with Crippen LogP contribution in [-0.4, -0.2) is 33.0 Å². The summed E-state index contributed by atoms with van der Waals surface area (Å²) < 4.78 is 21.5. The molecule has 0 saturated carbocycles. The fourth-order valence-electron chi connectivity index (χ4n) is 4.99. The van der Waals surface area contributed by atoms with Crippen molar-refractivity contribution in [3.63, 3.8) is 0 Å². The average Bonchev–Trinajstić information content (AvgIpc) is 3.36. The van der Waals surface area contributed by atoms with Crippen molar-refractivity contribution in [3.05, 3.63) is 81.4 Å². The van der Waals surface area contributed by atoms with E-state index in [1.807, 2.05) is 44.4 Å². The summed E-state index contributed by atoms with van der Waals surface area (Å²) in [6, 6.07) is 13.9. The molecule has 0 bridgehead atoms. The van der Waals surface area contributed by atoms with E-state index < -0.39 is 23.0 Å². The van der Waals surface area contributed by atoms with Gasteiger partial charge in [0.05, 0.1) is 35.0 Å². The van der Waals surface area contributed by atoms with Crippen LogP contribution in [0.1, 0.15) is 57.3 Å². The molecule has 1 unspecified atom stereocenters. The molecule has 0 aliphatic carbocycles. The molecule has 190 valence electrons. The molecule has 5 rings (SSSR count). The Morgan fingerprint density at radius 3 is 2.30 bits per heavy atom. The highest BCUT2D eigenvalue weighted by Crippen LogP contribution is 2.40. The number of carbonyl (C=O) groups is 2. The van der Waals surface area contributed by atoms with Crippen LogP contribution in [0, 0.1) is 13.8 Å². The fraction of sp³-hybridized carbons (Fsp3) is 0.250. The van der Waals surface area contributed by atoms with Crippen LogP contribution in [0.4, 0.5) is 5.69 Å². The number of hydrogen-bond donors (Lipinski definition) is 0. The van der Waals surface area contributed by atoms with Gasteiger partial charge in [0, 0.05) is 33.4 Å². The Morgan fingerprint density at radius 2 is 1.70 bits per heavy atom. The third kappa shape index (κ3) is 4.09. The fourth-order valence-corrected chi connectivity index (χ4v) is 6.64. The number of ether oxygens (including phenoxy) is 1. The van der Waals surface area contributed by atoms with Crippen molar-refractivity contribution in [3.8, 4) is 5.75 Å². The van der Waals surface area contributed by atoms with Crippen LogP contribution in [0.15, 0.2) is 53.7 Å². The van der Waals surface area contributed by atoms with E-state index in [0.717, 1.165) is 16.6 Å². The summed E-state index contributed by atoms with van der Waals surface area (Å²) in [6.45, 7) is 7.70. The SMILES string of the molecule is COc1c(C)cc(N2C(=O)c3ccccc3C2=O)c(C[S+]([O-])c2nc3ccc(Cl)cc3n2C(C)C)c1C. The van der Waals surface area contributed by atoms with Crippen LogP contribution in [0.25, 0.3) is 11.0 Å². The van der Waals surface area contributed by atoms with Gasteiger partial charge in [0.2, 0.25) is 0 Å². The standard InChI is InChI=1S/C28H26ClN3O4S/c1-15(2)31-24-13-18(29)10-11-22(24)30-28(31)37(35)14-21-17(4)25(36-5)16(3)12-23(21)32-26(33)19-8-6-7-9-20(19)27(32)34/h6-13,15H,14H2,1-5H3. The number of methoxy groups -OCH3 is 1. The Labute approximate surface area is 223 Å². The van der Waals surface area contributed by atoms with Crippen LogP contribution in [-0.2, 0) is 16.9 Å². The lowest BCUT2D eigenvalue weighted by molar-refractivity contribution is 0.0926. The second-order valence-corrected chi connectivity index (χ2v) is 11.1. The number of aromatic nitrogens is 2.